The van der Waals surface area contributed by atoms with E-state index in [9.17, 15) is 0 Å². The summed E-state index contributed by atoms with van der Waals surface area (Å²) in [7, 11) is 0. The Balaban J connectivity index is 2.30. The van der Waals surface area contributed by atoms with Crippen molar-refractivity contribution < 1.29 is 0 Å². The van der Waals surface area contributed by atoms with Crippen LogP contribution < -0.4 is 10.6 Å². The minimum atomic E-state index is 0.398. The molecule has 80 valence electrons. The molecule has 0 amide bonds. The van der Waals surface area contributed by atoms with Crippen molar-refractivity contribution in [3.8, 4) is 0 Å². The molecule has 1 atom stereocenters. The van der Waals surface area contributed by atoms with Crippen LogP contribution in [-0.2, 0) is 0 Å². The van der Waals surface area contributed by atoms with Gasteiger partial charge in [-0.2, -0.15) is 0 Å². The quantitative estimate of drug-likeness (QED) is 0.770. The molecule has 0 aromatic heterocycles. The van der Waals surface area contributed by atoms with E-state index in [1.54, 1.807) is 0 Å². The molecule has 2 N–H and O–H groups in total. The number of anilines is 1. The van der Waals surface area contributed by atoms with Crippen LogP contribution in [0.1, 0.15) is 31.9 Å². The van der Waals surface area contributed by atoms with Crippen molar-refractivity contribution in [3.05, 3.63) is 42.1 Å². The maximum atomic E-state index is 4.02. The zero-order valence-corrected chi connectivity index (χ0v) is 9.38. The highest BCUT2D eigenvalue weighted by Gasteiger charge is 2.21. The molecule has 1 aliphatic rings. The molecule has 2 heteroatoms. The molecule has 0 aliphatic carbocycles. The number of para-hydroxylation sites is 1. The van der Waals surface area contributed by atoms with E-state index in [1.165, 1.54) is 11.3 Å². The number of nitrogens with one attached hydrogen (secondary N) is 2. The molecule has 1 unspecified atom stereocenters. The standard InChI is InChI=1S/C13H18N2/c1-9(2)14-13-8-10(3)15-12-7-5-4-6-11(12)13/h4-7,9,13-15H,3,8H2,1-2H3. The highest BCUT2D eigenvalue weighted by Crippen LogP contribution is 2.33. The van der Waals surface area contributed by atoms with E-state index in [2.05, 4.69) is 55.3 Å². The first-order valence-corrected chi connectivity index (χ1v) is 5.46. The van der Waals surface area contributed by atoms with Gasteiger partial charge in [0.2, 0.25) is 0 Å². The van der Waals surface area contributed by atoms with Crippen LogP contribution in [-0.4, -0.2) is 6.04 Å². The molecule has 2 rings (SSSR count). The maximum absolute atomic E-state index is 4.02. The second-order valence-electron chi connectivity index (χ2n) is 4.39. The van der Waals surface area contributed by atoms with Crippen LogP contribution in [0.25, 0.3) is 0 Å². The first-order valence-electron chi connectivity index (χ1n) is 5.46. The molecule has 1 aromatic carbocycles. The lowest BCUT2D eigenvalue weighted by molar-refractivity contribution is 0.470. The van der Waals surface area contributed by atoms with Crippen LogP contribution in [0.2, 0.25) is 0 Å². The third-order valence-electron chi connectivity index (χ3n) is 2.63. The van der Waals surface area contributed by atoms with E-state index in [0.717, 1.165) is 12.1 Å². The van der Waals surface area contributed by atoms with Crippen molar-refractivity contribution in [2.24, 2.45) is 0 Å². The van der Waals surface area contributed by atoms with Crippen molar-refractivity contribution in [1.82, 2.24) is 5.32 Å². The molecular weight excluding hydrogens is 184 g/mol. The van der Waals surface area contributed by atoms with Gasteiger partial charge in [0.25, 0.3) is 0 Å². The van der Waals surface area contributed by atoms with Gasteiger partial charge in [-0.15, -0.1) is 0 Å². The van der Waals surface area contributed by atoms with Gasteiger partial charge in [0, 0.05) is 29.9 Å². The maximum Gasteiger partial charge on any atom is 0.0430 e. The highest BCUT2D eigenvalue weighted by atomic mass is 15.0. The molecule has 0 bridgehead atoms. The van der Waals surface area contributed by atoms with Crippen LogP contribution in [0.5, 0.6) is 0 Å². The van der Waals surface area contributed by atoms with Crippen LogP contribution >= 0.6 is 0 Å². The molecular formula is C13H18N2. The van der Waals surface area contributed by atoms with Crippen molar-refractivity contribution >= 4 is 5.69 Å². The Labute approximate surface area is 91.4 Å². The Morgan fingerprint density at radius 3 is 2.87 bits per heavy atom. The van der Waals surface area contributed by atoms with Gasteiger partial charge >= 0.3 is 0 Å². The molecule has 0 radical (unpaired) electrons. The zero-order valence-electron chi connectivity index (χ0n) is 9.38. The summed E-state index contributed by atoms with van der Waals surface area (Å²) in [6.07, 6.45) is 0.967. The molecule has 1 heterocycles. The van der Waals surface area contributed by atoms with Crippen molar-refractivity contribution in [2.75, 3.05) is 5.32 Å². The fourth-order valence-electron chi connectivity index (χ4n) is 2.06. The van der Waals surface area contributed by atoms with Gasteiger partial charge in [0.1, 0.15) is 0 Å². The second kappa shape index (κ2) is 4.07. The molecule has 15 heavy (non-hydrogen) atoms. The summed E-state index contributed by atoms with van der Waals surface area (Å²) in [6.45, 7) is 8.37. The summed E-state index contributed by atoms with van der Waals surface area (Å²) in [6, 6.07) is 9.31. The predicted octanol–water partition coefficient (Wildman–Crippen LogP) is 3.06. The number of fused-ring (bicyclic) bond motifs is 1. The van der Waals surface area contributed by atoms with Gasteiger partial charge in [-0.25, -0.2) is 0 Å². The third kappa shape index (κ3) is 2.21. The van der Waals surface area contributed by atoms with Gasteiger partial charge < -0.3 is 10.6 Å². The van der Waals surface area contributed by atoms with Crippen LogP contribution in [0, 0.1) is 0 Å². The Hall–Kier alpha value is -1.28. The summed E-state index contributed by atoms with van der Waals surface area (Å²) < 4.78 is 0. The first-order chi connectivity index (χ1) is 7.16. The van der Waals surface area contributed by atoms with E-state index in [-0.39, 0.29) is 0 Å². The minimum absolute atomic E-state index is 0.398. The lowest BCUT2D eigenvalue weighted by Crippen LogP contribution is -2.31. The Morgan fingerprint density at radius 1 is 1.40 bits per heavy atom. The molecule has 1 aromatic rings. The number of hydrogen-bond donors (Lipinski definition) is 2. The normalized spacial score (nSPS) is 19.9. The van der Waals surface area contributed by atoms with E-state index < -0.39 is 0 Å². The summed E-state index contributed by atoms with van der Waals surface area (Å²) in [5, 5.41) is 6.90. The first kappa shape index (κ1) is 10.2. The van der Waals surface area contributed by atoms with Crippen molar-refractivity contribution in [2.45, 2.75) is 32.4 Å². The average Bonchev–Trinajstić information content (AvgIpc) is 2.16. The number of benzene rings is 1. The van der Waals surface area contributed by atoms with Gasteiger partial charge in [-0.05, 0) is 11.6 Å². The summed E-state index contributed by atoms with van der Waals surface area (Å²) in [5.74, 6) is 0. The van der Waals surface area contributed by atoms with Crippen molar-refractivity contribution in [1.29, 1.82) is 0 Å². The third-order valence-corrected chi connectivity index (χ3v) is 2.63. The topological polar surface area (TPSA) is 24.1 Å². The number of rotatable bonds is 2. The van der Waals surface area contributed by atoms with Crippen LogP contribution in [0.4, 0.5) is 5.69 Å². The fourth-order valence-corrected chi connectivity index (χ4v) is 2.06. The minimum Gasteiger partial charge on any atom is -0.359 e. The summed E-state index contributed by atoms with van der Waals surface area (Å²) >= 11 is 0. The lowest BCUT2D eigenvalue weighted by atomic mass is 9.95. The monoisotopic (exact) mass is 202 g/mol. The Morgan fingerprint density at radius 2 is 2.13 bits per heavy atom. The largest absolute Gasteiger partial charge is 0.359 e. The number of hydrogen-bond acceptors (Lipinski definition) is 2. The molecule has 0 saturated heterocycles. The average molecular weight is 202 g/mol. The van der Waals surface area contributed by atoms with Crippen LogP contribution in [0.15, 0.2) is 36.5 Å². The second-order valence-corrected chi connectivity index (χ2v) is 4.39. The summed E-state index contributed by atoms with van der Waals surface area (Å²) in [5.41, 5.74) is 3.62. The summed E-state index contributed by atoms with van der Waals surface area (Å²) in [4.78, 5) is 0. The smallest absolute Gasteiger partial charge is 0.0430 e. The van der Waals surface area contributed by atoms with Crippen LogP contribution in [0.3, 0.4) is 0 Å². The molecule has 2 nitrogen and oxygen atoms in total. The van der Waals surface area contributed by atoms with Gasteiger partial charge in [-0.3, -0.25) is 0 Å². The zero-order chi connectivity index (χ0) is 10.8. The SMILES string of the molecule is C=C1CC(NC(C)C)c2ccccc2N1. The van der Waals surface area contributed by atoms with Gasteiger partial charge in [-0.1, -0.05) is 38.6 Å². The lowest BCUT2D eigenvalue weighted by Gasteiger charge is -2.30. The Kier molecular flexibility index (Phi) is 2.78. The van der Waals surface area contributed by atoms with Gasteiger partial charge in [0.05, 0.1) is 0 Å². The van der Waals surface area contributed by atoms with Gasteiger partial charge in [0.15, 0.2) is 0 Å². The predicted molar refractivity (Wildman–Crippen MR) is 64.8 cm³/mol. The molecule has 0 spiro atoms. The highest BCUT2D eigenvalue weighted by molar-refractivity contribution is 5.58. The molecule has 0 fully saturated rings. The fraction of sp³-hybridized carbons (Fsp3) is 0.385. The Bertz CT molecular complexity index is 369. The van der Waals surface area contributed by atoms with E-state index in [1.807, 2.05) is 0 Å². The van der Waals surface area contributed by atoms with E-state index in [4.69, 9.17) is 0 Å². The molecule has 1 aliphatic heterocycles. The van der Waals surface area contributed by atoms with E-state index in [0.29, 0.717) is 12.1 Å². The van der Waals surface area contributed by atoms with Crippen molar-refractivity contribution in [3.63, 3.8) is 0 Å². The van der Waals surface area contributed by atoms with E-state index >= 15 is 0 Å². The molecule has 0 saturated carbocycles.